The number of amides is 1. The molecule has 0 spiro atoms. The van der Waals surface area contributed by atoms with E-state index in [9.17, 15) is 4.79 Å². The summed E-state index contributed by atoms with van der Waals surface area (Å²) in [7, 11) is 1.62. The van der Waals surface area contributed by atoms with Gasteiger partial charge in [0.05, 0.1) is 18.4 Å². The number of anilines is 1. The second-order valence-electron chi connectivity index (χ2n) is 6.52. The number of hydrogen-bond acceptors (Lipinski definition) is 5. The van der Waals surface area contributed by atoms with Gasteiger partial charge in [-0.3, -0.25) is 9.36 Å². The van der Waals surface area contributed by atoms with E-state index in [0.717, 1.165) is 11.3 Å². The first kappa shape index (κ1) is 21.0. The normalized spacial score (nSPS) is 10.6. The summed E-state index contributed by atoms with van der Waals surface area (Å²) < 4.78 is 7.44. The lowest BCUT2D eigenvalue weighted by molar-refractivity contribution is -0.113. The summed E-state index contributed by atoms with van der Waals surface area (Å²) in [5.41, 5.74) is 2.40. The van der Waals surface area contributed by atoms with E-state index in [0.29, 0.717) is 27.4 Å². The van der Waals surface area contributed by atoms with E-state index in [-0.39, 0.29) is 11.7 Å². The van der Waals surface area contributed by atoms with Crippen LogP contribution < -0.4 is 10.1 Å². The van der Waals surface area contributed by atoms with Crippen LogP contribution in [0.5, 0.6) is 5.75 Å². The maximum atomic E-state index is 12.5. The number of carbonyl (C=O) groups is 1. The van der Waals surface area contributed by atoms with Crippen molar-refractivity contribution >= 4 is 35.0 Å². The fourth-order valence-electron chi connectivity index (χ4n) is 3.04. The number of thioether (sulfide) groups is 1. The molecule has 0 aliphatic carbocycles. The van der Waals surface area contributed by atoms with Crippen molar-refractivity contribution in [1.82, 2.24) is 14.8 Å². The highest BCUT2D eigenvalue weighted by atomic mass is 35.5. The Kier molecular flexibility index (Phi) is 6.54. The molecule has 3 aromatic carbocycles. The van der Waals surface area contributed by atoms with E-state index in [4.69, 9.17) is 16.3 Å². The van der Waals surface area contributed by atoms with Gasteiger partial charge in [0.25, 0.3) is 0 Å². The Morgan fingerprint density at radius 1 is 1.00 bits per heavy atom. The Balaban J connectivity index is 1.61. The second kappa shape index (κ2) is 9.68. The first-order chi connectivity index (χ1) is 15.2. The average molecular weight is 451 g/mol. The van der Waals surface area contributed by atoms with Gasteiger partial charge < -0.3 is 10.1 Å². The van der Waals surface area contributed by atoms with Crippen molar-refractivity contribution in [2.45, 2.75) is 5.16 Å². The molecule has 0 atom stereocenters. The molecule has 1 amide bonds. The minimum absolute atomic E-state index is 0.145. The van der Waals surface area contributed by atoms with Gasteiger partial charge in [0.15, 0.2) is 11.0 Å². The van der Waals surface area contributed by atoms with E-state index < -0.39 is 0 Å². The van der Waals surface area contributed by atoms with Crippen molar-refractivity contribution in [1.29, 1.82) is 0 Å². The number of nitrogens with one attached hydrogen (secondary N) is 1. The lowest BCUT2D eigenvalue weighted by atomic mass is 10.2. The summed E-state index contributed by atoms with van der Waals surface area (Å²) in [5, 5.41) is 12.9. The standard InChI is InChI=1S/C23H19ClN4O2S/c1-30-20-10-6-5-9-19(20)22-26-27-23(28(22)18-7-3-2-4-8-18)31-15-21(29)25-17-13-11-16(24)12-14-17/h2-14H,15H2,1H3,(H,25,29). The van der Waals surface area contributed by atoms with Crippen molar-refractivity contribution in [3.63, 3.8) is 0 Å². The molecule has 0 bridgehead atoms. The first-order valence-corrected chi connectivity index (χ1v) is 10.8. The quantitative estimate of drug-likeness (QED) is 0.385. The van der Waals surface area contributed by atoms with E-state index in [1.807, 2.05) is 59.2 Å². The van der Waals surface area contributed by atoms with Gasteiger partial charge in [-0.05, 0) is 48.5 Å². The van der Waals surface area contributed by atoms with Crippen LogP contribution in [0.2, 0.25) is 5.02 Å². The van der Waals surface area contributed by atoms with Gasteiger partial charge in [-0.1, -0.05) is 53.7 Å². The van der Waals surface area contributed by atoms with Crippen LogP contribution in [-0.4, -0.2) is 33.5 Å². The summed E-state index contributed by atoms with van der Waals surface area (Å²) in [4.78, 5) is 12.5. The molecule has 4 rings (SSSR count). The van der Waals surface area contributed by atoms with Crippen molar-refractivity contribution in [2.75, 3.05) is 18.2 Å². The fourth-order valence-corrected chi connectivity index (χ4v) is 3.92. The van der Waals surface area contributed by atoms with Crippen molar-refractivity contribution in [3.8, 4) is 22.8 Å². The molecule has 0 radical (unpaired) electrons. The van der Waals surface area contributed by atoms with Crippen molar-refractivity contribution < 1.29 is 9.53 Å². The molecule has 0 saturated heterocycles. The summed E-state index contributed by atoms with van der Waals surface area (Å²) >= 11 is 7.21. The minimum Gasteiger partial charge on any atom is -0.496 e. The third-order valence-electron chi connectivity index (χ3n) is 4.46. The highest BCUT2D eigenvalue weighted by molar-refractivity contribution is 7.99. The topological polar surface area (TPSA) is 69.0 Å². The summed E-state index contributed by atoms with van der Waals surface area (Å²) in [6.45, 7) is 0. The number of carbonyl (C=O) groups excluding carboxylic acids is 1. The molecule has 1 heterocycles. The molecule has 1 aromatic heterocycles. The largest absolute Gasteiger partial charge is 0.496 e. The molecule has 8 heteroatoms. The van der Waals surface area contributed by atoms with E-state index >= 15 is 0 Å². The van der Waals surface area contributed by atoms with Crippen LogP contribution in [0.3, 0.4) is 0 Å². The summed E-state index contributed by atoms with van der Waals surface area (Å²) in [6.07, 6.45) is 0. The van der Waals surface area contributed by atoms with Crippen LogP contribution in [0.1, 0.15) is 0 Å². The molecule has 31 heavy (non-hydrogen) atoms. The lowest BCUT2D eigenvalue weighted by Crippen LogP contribution is -2.14. The van der Waals surface area contributed by atoms with Gasteiger partial charge in [-0.2, -0.15) is 0 Å². The molecule has 0 saturated carbocycles. The van der Waals surface area contributed by atoms with Crippen LogP contribution in [0.25, 0.3) is 17.1 Å². The van der Waals surface area contributed by atoms with Gasteiger partial charge in [0.2, 0.25) is 5.91 Å². The monoisotopic (exact) mass is 450 g/mol. The number of ether oxygens (including phenoxy) is 1. The molecule has 4 aromatic rings. The molecule has 0 aliphatic rings. The first-order valence-electron chi connectivity index (χ1n) is 9.48. The molecular formula is C23H19ClN4O2S. The van der Waals surface area contributed by atoms with Gasteiger partial charge in [0, 0.05) is 16.4 Å². The molecule has 156 valence electrons. The zero-order valence-corrected chi connectivity index (χ0v) is 18.2. The molecule has 0 fully saturated rings. The Bertz CT molecular complexity index is 1180. The number of nitrogens with zero attached hydrogens (tertiary/aromatic N) is 3. The van der Waals surface area contributed by atoms with Crippen molar-refractivity contribution in [2.24, 2.45) is 0 Å². The Labute approximate surface area is 189 Å². The highest BCUT2D eigenvalue weighted by Gasteiger charge is 2.19. The summed E-state index contributed by atoms with van der Waals surface area (Å²) in [5.74, 6) is 1.38. The molecule has 1 N–H and O–H groups in total. The number of benzene rings is 3. The predicted octanol–water partition coefficient (Wildman–Crippen LogP) is 5.33. The number of aromatic nitrogens is 3. The number of rotatable bonds is 7. The predicted molar refractivity (Wildman–Crippen MR) is 124 cm³/mol. The van der Waals surface area contributed by atoms with Gasteiger partial charge >= 0.3 is 0 Å². The van der Waals surface area contributed by atoms with Crippen molar-refractivity contribution in [3.05, 3.63) is 83.9 Å². The zero-order chi connectivity index (χ0) is 21.6. The highest BCUT2D eigenvalue weighted by Crippen LogP contribution is 2.33. The molecular weight excluding hydrogens is 432 g/mol. The number of methoxy groups -OCH3 is 1. The Morgan fingerprint density at radius 3 is 2.45 bits per heavy atom. The number of hydrogen-bond donors (Lipinski definition) is 1. The molecule has 0 unspecified atom stereocenters. The molecule has 0 aliphatic heterocycles. The maximum Gasteiger partial charge on any atom is 0.234 e. The number of halogens is 1. The summed E-state index contributed by atoms with van der Waals surface area (Å²) in [6, 6.07) is 24.4. The Hall–Kier alpha value is -3.29. The maximum absolute atomic E-state index is 12.5. The van der Waals surface area contributed by atoms with E-state index in [1.54, 1.807) is 31.4 Å². The van der Waals surface area contributed by atoms with Crippen LogP contribution in [0, 0.1) is 0 Å². The Morgan fingerprint density at radius 2 is 1.71 bits per heavy atom. The lowest BCUT2D eigenvalue weighted by Gasteiger charge is -2.12. The number of para-hydroxylation sites is 2. The molecule has 6 nitrogen and oxygen atoms in total. The van der Waals surface area contributed by atoms with Crippen LogP contribution in [-0.2, 0) is 4.79 Å². The fraction of sp³-hybridized carbons (Fsp3) is 0.0870. The van der Waals surface area contributed by atoms with E-state index in [1.165, 1.54) is 11.8 Å². The average Bonchev–Trinajstić information content (AvgIpc) is 3.23. The second-order valence-corrected chi connectivity index (χ2v) is 7.90. The van der Waals surface area contributed by atoms with Crippen LogP contribution >= 0.6 is 23.4 Å². The van der Waals surface area contributed by atoms with Gasteiger partial charge in [-0.25, -0.2) is 0 Å². The van der Waals surface area contributed by atoms with E-state index in [2.05, 4.69) is 15.5 Å². The third-order valence-corrected chi connectivity index (χ3v) is 5.64. The zero-order valence-electron chi connectivity index (χ0n) is 16.7. The van der Waals surface area contributed by atoms with Gasteiger partial charge in [-0.15, -0.1) is 10.2 Å². The third kappa shape index (κ3) is 4.90. The van der Waals surface area contributed by atoms with Crippen LogP contribution in [0.15, 0.2) is 84.0 Å². The minimum atomic E-state index is -0.145. The smallest absolute Gasteiger partial charge is 0.234 e. The van der Waals surface area contributed by atoms with Gasteiger partial charge in [0.1, 0.15) is 5.75 Å². The SMILES string of the molecule is COc1ccccc1-c1nnc(SCC(=O)Nc2ccc(Cl)cc2)n1-c1ccccc1. The van der Waals surface area contributed by atoms with Crippen LogP contribution in [0.4, 0.5) is 5.69 Å².